The zero-order valence-corrected chi connectivity index (χ0v) is 12.9. The SMILES string of the molecule is C/C(CC(=O)c1nc2ccccc2s1)=N\Nc1ccccc1. The highest BCUT2D eigenvalue weighted by Crippen LogP contribution is 2.22. The standard InChI is InChI=1S/C17H15N3OS/c1-12(19-20-13-7-3-2-4-8-13)11-15(21)17-18-14-9-5-6-10-16(14)22-17/h2-10,20H,11H2,1H3/b19-12+. The predicted molar refractivity (Wildman–Crippen MR) is 91.7 cm³/mol. The molecular weight excluding hydrogens is 294 g/mol. The Balaban J connectivity index is 1.68. The Labute approximate surface area is 132 Å². The van der Waals surface area contributed by atoms with Crippen LogP contribution in [-0.4, -0.2) is 16.5 Å². The zero-order chi connectivity index (χ0) is 15.4. The Morgan fingerprint density at radius 2 is 1.86 bits per heavy atom. The summed E-state index contributed by atoms with van der Waals surface area (Å²) in [5.74, 6) is -0.00249. The van der Waals surface area contributed by atoms with E-state index in [-0.39, 0.29) is 12.2 Å². The quantitative estimate of drug-likeness (QED) is 0.433. The summed E-state index contributed by atoms with van der Waals surface area (Å²) in [7, 11) is 0. The topological polar surface area (TPSA) is 54.4 Å². The van der Waals surface area contributed by atoms with E-state index in [1.165, 1.54) is 11.3 Å². The number of hydrazone groups is 1. The van der Waals surface area contributed by atoms with E-state index < -0.39 is 0 Å². The summed E-state index contributed by atoms with van der Waals surface area (Å²) in [5, 5.41) is 4.77. The van der Waals surface area contributed by atoms with Gasteiger partial charge in [-0.15, -0.1) is 11.3 Å². The van der Waals surface area contributed by atoms with E-state index in [2.05, 4.69) is 15.5 Å². The van der Waals surface area contributed by atoms with Crippen molar-refractivity contribution >= 4 is 38.7 Å². The fourth-order valence-corrected chi connectivity index (χ4v) is 2.91. The van der Waals surface area contributed by atoms with Crippen LogP contribution in [0.2, 0.25) is 0 Å². The van der Waals surface area contributed by atoms with Crippen molar-refractivity contribution in [1.29, 1.82) is 0 Å². The van der Waals surface area contributed by atoms with Gasteiger partial charge >= 0.3 is 0 Å². The number of ketones is 1. The third kappa shape index (κ3) is 3.38. The Morgan fingerprint density at radius 1 is 1.14 bits per heavy atom. The first-order valence-corrected chi connectivity index (χ1v) is 7.77. The molecular formula is C17H15N3OS. The lowest BCUT2D eigenvalue weighted by Crippen LogP contribution is -2.06. The highest BCUT2D eigenvalue weighted by Gasteiger charge is 2.13. The van der Waals surface area contributed by atoms with Crippen molar-refractivity contribution in [3.05, 3.63) is 59.6 Å². The van der Waals surface area contributed by atoms with Gasteiger partial charge in [-0.25, -0.2) is 4.98 Å². The third-order valence-corrected chi connectivity index (χ3v) is 4.18. The van der Waals surface area contributed by atoms with Gasteiger partial charge in [-0.05, 0) is 31.2 Å². The first kappa shape index (κ1) is 14.4. The Hall–Kier alpha value is -2.53. The van der Waals surface area contributed by atoms with Crippen LogP contribution in [0.3, 0.4) is 0 Å². The lowest BCUT2D eigenvalue weighted by Gasteiger charge is -2.01. The maximum atomic E-state index is 12.3. The van der Waals surface area contributed by atoms with E-state index in [9.17, 15) is 4.79 Å². The molecule has 0 unspecified atom stereocenters. The summed E-state index contributed by atoms with van der Waals surface area (Å²) in [6.45, 7) is 1.83. The van der Waals surface area contributed by atoms with Gasteiger partial charge in [-0.1, -0.05) is 30.3 Å². The number of Topliss-reactive ketones (excluding diaryl/α,β-unsaturated/α-hetero) is 1. The van der Waals surface area contributed by atoms with Crippen molar-refractivity contribution in [2.24, 2.45) is 5.10 Å². The highest BCUT2D eigenvalue weighted by molar-refractivity contribution is 7.20. The number of anilines is 1. The van der Waals surface area contributed by atoms with Crippen molar-refractivity contribution in [3.63, 3.8) is 0 Å². The molecule has 1 aromatic heterocycles. The number of nitrogens with one attached hydrogen (secondary N) is 1. The summed E-state index contributed by atoms with van der Waals surface area (Å²) in [6, 6.07) is 17.4. The number of carbonyl (C=O) groups is 1. The number of rotatable bonds is 5. The molecule has 0 fully saturated rings. The number of hydrogen-bond donors (Lipinski definition) is 1. The van der Waals surface area contributed by atoms with E-state index in [0.717, 1.165) is 21.6 Å². The molecule has 0 aliphatic rings. The molecule has 3 rings (SSSR count). The lowest BCUT2D eigenvalue weighted by atomic mass is 10.2. The van der Waals surface area contributed by atoms with Crippen LogP contribution in [0.15, 0.2) is 59.7 Å². The molecule has 0 aliphatic heterocycles. The summed E-state index contributed by atoms with van der Waals surface area (Å²) >= 11 is 1.43. The second-order valence-electron chi connectivity index (χ2n) is 4.91. The van der Waals surface area contributed by atoms with E-state index in [1.54, 1.807) is 0 Å². The third-order valence-electron chi connectivity index (χ3n) is 3.10. The second kappa shape index (κ2) is 6.49. The van der Waals surface area contributed by atoms with Crippen LogP contribution in [0.5, 0.6) is 0 Å². The molecule has 110 valence electrons. The first-order chi connectivity index (χ1) is 10.7. The maximum absolute atomic E-state index is 12.3. The van der Waals surface area contributed by atoms with Crippen molar-refractivity contribution in [2.45, 2.75) is 13.3 Å². The normalized spacial score (nSPS) is 11.6. The molecule has 0 saturated heterocycles. The van der Waals surface area contributed by atoms with Gasteiger partial charge < -0.3 is 0 Å². The smallest absolute Gasteiger partial charge is 0.197 e. The molecule has 4 nitrogen and oxygen atoms in total. The van der Waals surface area contributed by atoms with E-state index in [4.69, 9.17) is 0 Å². The zero-order valence-electron chi connectivity index (χ0n) is 12.1. The fourth-order valence-electron chi connectivity index (χ4n) is 2.01. The van der Waals surface area contributed by atoms with Crippen molar-refractivity contribution in [3.8, 4) is 0 Å². The van der Waals surface area contributed by atoms with Crippen molar-refractivity contribution in [2.75, 3.05) is 5.43 Å². The van der Waals surface area contributed by atoms with Gasteiger partial charge in [-0.2, -0.15) is 5.10 Å². The number of thiazole rings is 1. The monoisotopic (exact) mass is 309 g/mol. The lowest BCUT2D eigenvalue weighted by molar-refractivity contribution is 0.100. The van der Waals surface area contributed by atoms with Crippen LogP contribution in [0, 0.1) is 0 Å². The van der Waals surface area contributed by atoms with E-state index in [1.807, 2.05) is 61.5 Å². The second-order valence-corrected chi connectivity index (χ2v) is 5.94. The van der Waals surface area contributed by atoms with Crippen LogP contribution in [0.4, 0.5) is 5.69 Å². The molecule has 0 aliphatic carbocycles. The molecule has 1 heterocycles. The molecule has 22 heavy (non-hydrogen) atoms. The van der Waals surface area contributed by atoms with Crippen LogP contribution in [0.1, 0.15) is 23.1 Å². The van der Waals surface area contributed by atoms with Gasteiger partial charge in [0.1, 0.15) is 0 Å². The fraction of sp³-hybridized carbons (Fsp3) is 0.118. The number of hydrogen-bond acceptors (Lipinski definition) is 5. The molecule has 0 bridgehead atoms. The minimum Gasteiger partial charge on any atom is -0.291 e. The number of carbonyl (C=O) groups excluding carboxylic acids is 1. The molecule has 2 aromatic carbocycles. The average Bonchev–Trinajstić information content (AvgIpc) is 2.98. The van der Waals surface area contributed by atoms with E-state index in [0.29, 0.717) is 5.01 Å². The van der Waals surface area contributed by atoms with Crippen molar-refractivity contribution in [1.82, 2.24) is 4.98 Å². The average molecular weight is 309 g/mol. The van der Waals surface area contributed by atoms with Gasteiger partial charge in [0.15, 0.2) is 10.8 Å². The highest BCUT2D eigenvalue weighted by atomic mass is 32.1. The molecule has 0 saturated carbocycles. The van der Waals surface area contributed by atoms with Crippen LogP contribution in [0.25, 0.3) is 10.2 Å². The molecule has 3 aromatic rings. The Morgan fingerprint density at radius 3 is 2.64 bits per heavy atom. The minimum atomic E-state index is -0.00249. The molecule has 1 N–H and O–H groups in total. The minimum absolute atomic E-state index is 0.00249. The van der Waals surface area contributed by atoms with Crippen LogP contribution >= 0.6 is 11.3 Å². The Bertz CT molecular complexity index is 791. The van der Waals surface area contributed by atoms with Crippen LogP contribution < -0.4 is 5.43 Å². The van der Waals surface area contributed by atoms with Gasteiger partial charge in [-0.3, -0.25) is 10.2 Å². The number of fused-ring (bicyclic) bond motifs is 1. The number of nitrogens with zero attached hydrogens (tertiary/aromatic N) is 2. The maximum Gasteiger partial charge on any atom is 0.197 e. The summed E-state index contributed by atoms with van der Waals surface area (Å²) in [4.78, 5) is 16.7. The number of aromatic nitrogens is 1. The van der Waals surface area contributed by atoms with Gasteiger partial charge in [0, 0.05) is 5.71 Å². The van der Waals surface area contributed by atoms with Crippen molar-refractivity contribution < 1.29 is 4.79 Å². The first-order valence-electron chi connectivity index (χ1n) is 6.95. The molecule has 0 radical (unpaired) electrons. The van der Waals surface area contributed by atoms with E-state index >= 15 is 0 Å². The number of para-hydroxylation sites is 2. The summed E-state index contributed by atoms with van der Waals surface area (Å²) in [6.07, 6.45) is 0.264. The van der Waals surface area contributed by atoms with Gasteiger partial charge in [0.25, 0.3) is 0 Å². The molecule has 0 spiro atoms. The van der Waals surface area contributed by atoms with Gasteiger partial charge in [0.05, 0.1) is 22.3 Å². The molecule has 0 amide bonds. The number of benzene rings is 2. The molecule has 0 atom stereocenters. The summed E-state index contributed by atoms with van der Waals surface area (Å²) < 4.78 is 1.03. The van der Waals surface area contributed by atoms with Gasteiger partial charge in [0.2, 0.25) is 0 Å². The van der Waals surface area contributed by atoms with Crippen LogP contribution in [-0.2, 0) is 0 Å². The molecule has 5 heteroatoms. The predicted octanol–water partition coefficient (Wildman–Crippen LogP) is 4.36. The largest absolute Gasteiger partial charge is 0.291 e. The Kier molecular flexibility index (Phi) is 4.25. The summed E-state index contributed by atoms with van der Waals surface area (Å²) in [5.41, 5.74) is 5.44.